The van der Waals surface area contributed by atoms with Gasteiger partial charge in [-0.15, -0.1) is 6.58 Å². The minimum Gasteiger partial charge on any atom is -0.326 e. The number of anilines is 1. The Balaban J connectivity index is 2.09. The van der Waals surface area contributed by atoms with Crippen molar-refractivity contribution in [3.8, 4) is 0 Å². The quantitative estimate of drug-likeness (QED) is 0.810. The number of nitrogens with zero attached hydrogens (tertiary/aromatic N) is 1. The first-order chi connectivity index (χ1) is 9.20. The number of hydrogen-bond acceptors (Lipinski definition) is 3. The van der Waals surface area contributed by atoms with Crippen molar-refractivity contribution in [2.24, 2.45) is 0 Å². The van der Waals surface area contributed by atoms with Gasteiger partial charge in [0.25, 0.3) is 0 Å². The average molecular weight is 259 g/mol. The number of carbonyl (C=O) groups excluding carboxylic acids is 1. The third-order valence-corrected chi connectivity index (χ3v) is 3.34. The average Bonchev–Trinajstić information content (AvgIpc) is 2.42. The molecule has 1 amide bonds. The Hall–Kier alpha value is -1.65. The number of benzene rings is 1. The number of nitrogens with one attached hydrogen (secondary N) is 2. The van der Waals surface area contributed by atoms with E-state index < -0.39 is 0 Å². The number of piperazine rings is 1. The molecule has 1 aromatic carbocycles. The molecule has 1 aromatic rings. The molecule has 0 aliphatic carbocycles. The van der Waals surface area contributed by atoms with E-state index in [4.69, 9.17) is 0 Å². The highest BCUT2D eigenvalue weighted by Gasteiger charge is 2.19. The van der Waals surface area contributed by atoms with Gasteiger partial charge in [0.1, 0.15) is 0 Å². The van der Waals surface area contributed by atoms with Gasteiger partial charge in [-0.2, -0.15) is 0 Å². The molecule has 0 radical (unpaired) electrons. The fourth-order valence-corrected chi connectivity index (χ4v) is 2.42. The van der Waals surface area contributed by atoms with Gasteiger partial charge in [-0.1, -0.05) is 18.2 Å². The summed E-state index contributed by atoms with van der Waals surface area (Å²) in [5.41, 5.74) is 2.05. The lowest BCUT2D eigenvalue weighted by Gasteiger charge is -2.33. The van der Waals surface area contributed by atoms with Crippen molar-refractivity contribution in [2.45, 2.75) is 13.0 Å². The number of rotatable bonds is 4. The molecule has 1 atom stereocenters. The standard InChI is InChI=1S/C15H21N3O/c1-3-15(18-10-8-16-9-11-18)13-4-6-14(7-5-13)17-12(2)19/h3-7,15-16H,1,8-11H2,2H3,(H,17,19)/t15-/m1/s1. The summed E-state index contributed by atoms with van der Waals surface area (Å²) in [6.07, 6.45) is 1.98. The summed E-state index contributed by atoms with van der Waals surface area (Å²) < 4.78 is 0. The smallest absolute Gasteiger partial charge is 0.221 e. The molecule has 0 unspecified atom stereocenters. The van der Waals surface area contributed by atoms with Crippen LogP contribution in [0.3, 0.4) is 0 Å². The molecule has 0 spiro atoms. The van der Waals surface area contributed by atoms with Crippen molar-refractivity contribution in [3.63, 3.8) is 0 Å². The van der Waals surface area contributed by atoms with Crippen molar-refractivity contribution in [1.82, 2.24) is 10.2 Å². The van der Waals surface area contributed by atoms with E-state index in [0.717, 1.165) is 31.9 Å². The van der Waals surface area contributed by atoms with E-state index in [1.54, 1.807) is 0 Å². The summed E-state index contributed by atoms with van der Waals surface area (Å²) in [5.74, 6) is -0.0462. The van der Waals surface area contributed by atoms with Gasteiger partial charge < -0.3 is 10.6 Å². The Kier molecular flexibility index (Phi) is 4.71. The van der Waals surface area contributed by atoms with Crippen molar-refractivity contribution in [2.75, 3.05) is 31.5 Å². The molecule has 0 aromatic heterocycles. The van der Waals surface area contributed by atoms with Crippen LogP contribution in [0.15, 0.2) is 36.9 Å². The Morgan fingerprint density at radius 2 is 2.00 bits per heavy atom. The van der Waals surface area contributed by atoms with Crippen LogP contribution >= 0.6 is 0 Å². The number of carbonyl (C=O) groups is 1. The zero-order chi connectivity index (χ0) is 13.7. The fourth-order valence-electron chi connectivity index (χ4n) is 2.42. The number of hydrogen-bond donors (Lipinski definition) is 2. The molecule has 4 nitrogen and oxygen atoms in total. The van der Waals surface area contributed by atoms with Crippen LogP contribution in [0.4, 0.5) is 5.69 Å². The Morgan fingerprint density at radius 1 is 1.37 bits per heavy atom. The summed E-state index contributed by atoms with van der Waals surface area (Å²) in [7, 11) is 0. The maximum absolute atomic E-state index is 11.0. The van der Waals surface area contributed by atoms with Gasteiger partial charge in [-0.3, -0.25) is 9.69 Å². The second-order valence-electron chi connectivity index (χ2n) is 4.77. The third-order valence-electron chi connectivity index (χ3n) is 3.34. The van der Waals surface area contributed by atoms with E-state index in [0.29, 0.717) is 0 Å². The first-order valence-corrected chi connectivity index (χ1v) is 6.65. The Bertz CT molecular complexity index is 435. The second kappa shape index (κ2) is 6.50. The van der Waals surface area contributed by atoms with Crippen LogP contribution in [0.2, 0.25) is 0 Å². The maximum atomic E-state index is 11.0. The topological polar surface area (TPSA) is 44.4 Å². The molecular formula is C15H21N3O. The zero-order valence-electron chi connectivity index (χ0n) is 11.4. The second-order valence-corrected chi connectivity index (χ2v) is 4.77. The van der Waals surface area contributed by atoms with Crippen LogP contribution in [-0.4, -0.2) is 37.0 Å². The highest BCUT2D eigenvalue weighted by molar-refractivity contribution is 5.88. The van der Waals surface area contributed by atoms with Gasteiger partial charge in [0, 0.05) is 38.8 Å². The summed E-state index contributed by atoms with van der Waals surface area (Å²) in [4.78, 5) is 13.4. The SMILES string of the molecule is C=C[C@H](c1ccc(NC(C)=O)cc1)N1CCNCC1. The molecule has 19 heavy (non-hydrogen) atoms. The normalized spacial score (nSPS) is 17.7. The molecule has 1 aliphatic heterocycles. The van der Waals surface area contributed by atoms with Gasteiger partial charge in [0.2, 0.25) is 5.91 Å². The number of amides is 1. The third kappa shape index (κ3) is 3.66. The van der Waals surface area contributed by atoms with Gasteiger partial charge in [0.15, 0.2) is 0 Å². The molecule has 102 valence electrons. The fraction of sp³-hybridized carbons (Fsp3) is 0.400. The largest absolute Gasteiger partial charge is 0.326 e. The summed E-state index contributed by atoms with van der Waals surface area (Å²) in [6, 6.07) is 8.23. The van der Waals surface area contributed by atoms with Crippen LogP contribution in [0, 0.1) is 0 Å². The highest BCUT2D eigenvalue weighted by atomic mass is 16.1. The van der Waals surface area contributed by atoms with E-state index >= 15 is 0 Å². The molecule has 1 fully saturated rings. The van der Waals surface area contributed by atoms with E-state index in [1.165, 1.54) is 12.5 Å². The maximum Gasteiger partial charge on any atom is 0.221 e. The van der Waals surface area contributed by atoms with E-state index in [9.17, 15) is 4.79 Å². The van der Waals surface area contributed by atoms with E-state index in [-0.39, 0.29) is 11.9 Å². The molecule has 1 aliphatic rings. The molecule has 4 heteroatoms. The lowest BCUT2D eigenvalue weighted by molar-refractivity contribution is -0.114. The molecule has 2 rings (SSSR count). The Labute approximate surface area is 114 Å². The van der Waals surface area contributed by atoms with Crippen LogP contribution in [0.25, 0.3) is 0 Å². The van der Waals surface area contributed by atoms with Gasteiger partial charge in [-0.05, 0) is 17.7 Å². The van der Waals surface area contributed by atoms with Crippen molar-refractivity contribution in [1.29, 1.82) is 0 Å². The molecule has 2 N–H and O–H groups in total. The molecule has 0 bridgehead atoms. The molecule has 1 saturated heterocycles. The van der Waals surface area contributed by atoms with Gasteiger partial charge in [-0.25, -0.2) is 0 Å². The minimum atomic E-state index is -0.0462. The zero-order valence-corrected chi connectivity index (χ0v) is 11.4. The predicted molar refractivity (Wildman–Crippen MR) is 78.1 cm³/mol. The lowest BCUT2D eigenvalue weighted by atomic mass is 10.0. The van der Waals surface area contributed by atoms with Crippen LogP contribution in [0.1, 0.15) is 18.5 Å². The monoisotopic (exact) mass is 259 g/mol. The summed E-state index contributed by atoms with van der Waals surface area (Å²) in [6.45, 7) is 9.57. The van der Waals surface area contributed by atoms with E-state index in [2.05, 4.69) is 34.2 Å². The molecule has 1 heterocycles. The highest BCUT2D eigenvalue weighted by Crippen LogP contribution is 2.23. The summed E-state index contributed by atoms with van der Waals surface area (Å²) >= 11 is 0. The van der Waals surface area contributed by atoms with Crippen molar-refractivity contribution < 1.29 is 4.79 Å². The minimum absolute atomic E-state index is 0.0462. The predicted octanol–water partition coefficient (Wildman–Crippen LogP) is 1.78. The summed E-state index contributed by atoms with van der Waals surface area (Å²) in [5, 5.41) is 6.13. The molecular weight excluding hydrogens is 238 g/mol. The van der Waals surface area contributed by atoms with Crippen molar-refractivity contribution >= 4 is 11.6 Å². The van der Waals surface area contributed by atoms with Crippen LogP contribution < -0.4 is 10.6 Å². The van der Waals surface area contributed by atoms with Crippen LogP contribution in [-0.2, 0) is 4.79 Å². The lowest BCUT2D eigenvalue weighted by Crippen LogP contribution is -2.44. The first-order valence-electron chi connectivity index (χ1n) is 6.65. The van der Waals surface area contributed by atoms with Gasteiger partial charge in [0.05, 0.1) is 6.04 Å². The Morgan fingerprint density at radius 3 is 2.53 bits per heavy atom. The molecule has 0 saturated carbocycles. The van der Waals surface area contributed by atoms with Gasteiger partial charge >= 0.3 is 0 Å². The van der Waals surface area contributed by atoms with Crippen LogP contribution in [0.5, 0.6) is 0 Å². The first kappa shape index (κ1) is 13.8. The van der Waals surface area contributed by atoms with E-state index in [1.807, 2.05) is 18.2 Å². The van der Waals surface area contributed by atoms with Crippen molar-refractivity contribution in [3.05, 3.63) is 42.5 Å².